The molecule has 19 nitrogen and oxygen atoms in total. The van der Waals surface area contributed by atoms with Gasteiger partial charge < -0.3 is 89.9 Å². The van der Waals surface area contributed by atoms with Crippen molar-refractivity contribution in [1.29, 1.82) is 0 Å². The Morgan fingerprint density at radius 3 is 1.24 bits per heavy atom. The Morgan fingerprint density at radius 2 is 0.795 bits per heavy atom. The smallest absolute Gasteiger partial charge is 0.220 e. The molecule has 3 aliphatic rings. The molecule has 19 heteroatoms. The fourth-order valence-electron chi connectivity index (χ4n) is 11.1. The molecule has 0 aromatic carbocycles. The number of nitrogens with one attached hydrogen (secondary N) is 1. The minimum Gasteiger partial charge on any atom is -0.394 e. The number of hydrogen-bond acceptors (Lipinski definition) is 18. The molecule has 0 bridgehead atoms. The SMILES string of the molecule is CCCCCCC/C=C\C/C=C\C/C=C\CCCCCCCCCCCCCCCCCCCCCCC(=O)NC(COC1OC(CO)C(OC2OC(CO)C(OC3OC(CO)C(O)C(O)C3O)C(O)C2O)C(O)C1O)C(O)CCCCC. The van der Waals surface area contributed by atoms with Crippen molar-refractivity contribution in [2.75, 3.05) is 26.4 Å². The summed E-state index contributed by atoms with van der Waals surface area (Å²) in [5, 5.41) is 119. The molecule has 0 spiro atoms. The number of ether oxygens (including phenoxy) is 6. The first-order valence-corrected chi connectivity index (χ1v) is 32.7. The van der Waals surface area contributed by atoms with Gasteiger partial charge >= 0.3 is 0 Å². The number of aliphatic hydroxyl groups excluding tert-OH is 11. The average Bonchev–Trinajstić information content (AvgIpc) is 3.28. The van der Waals surface area contributed by atoms with Crippen molar-refractivity contribution in [1.82, 2.24) is 5.32 Å². The van der Waals surface area contributed by atoms with Crippen LogP contribution in [-0.4, -0.2) is 193 Å². The molecule has 12 N–H and O–H groups in total. The summed E-state index contributed by atoms with van der Waals surface area (Å²) in [5.74, 6) is -0.253. The van der Waals surface area contributed by atoms with Crippen LogP contribution < -0.4 is 5.32 Å². The van der Waals surface area contributed by atoms with E-state index in [0.29, 0.717) is 19.3 Å². The molecule has 3 fully saturated rings. The van der Waals surface area contributed by atoms with Crippen molar-refractivity contribution < 1.29 is 89.4 Å². The van der Waals surface area contributed by atoms with E-state index in [9.17, 15) is 61.0 Å². The lowest BCUT2D eigenvalue weighted by molar-refractivity contribution is -0.379. The van der Waals surface area contributed by atoms with E-state index in [1.165, 1.54) is 148 Å². The molecule has 486 valence electrons. The van der Waals surface area contributed by atoms with Gasteiger partial charge in [0.05, 0.1) is 38.6 Å². The molecule has 3 saturated heterocycles. The van der Waals surface area contributed by atoms with E-state index in [1.54, 1.807) is 0 Å². The summed E-state index contributed by atoms with van der Waals surface area (Å²) in [4.78, 5) is 13.2. The zero-order valence-electron chi connectivity index (χ0n) is 50.9. The number of hydrogen-bond donors (Lipinski definition) is 12. The van der Waals surface area contributed by atoms with Crippen molar-refractivity contribution in [3.8, 4) is 0 Å². The van der Waals surface area contributed by atoms with Crippen LogP contribution in [-0.2, 0) is 33.2 Å². The molecule has 3 aliphatic heterocycles. The van der Waals surface area contributed by atoms with E-state index < -0.39 is 124 Å². The fourth-order valence-corrected chi connectivity index (χ4v) is 11.1. The number of rotatable bonds is 49. The summed E-state index contributed by atoms with van der Waals surface area (Å²) < 4.78 is 34.1. The van der Waals surface area contributed by atoms with Gasteiger partial charge in [0.1, 0.15) is 73.2 Å². The summed E-state index contributed by atoms with van der Waals surface area (Å²) >= 11 is 0. The summed E-state index contributed by atoms with van der Waals surface area (Å²) in [6, 6.07) is -0.881. The van der Waals surface area contributed by atoms with Gasteiger partial charge in [0.25, 0.3) is 0 Å². The topological polar surface area (TPSA) is 307 Å². The second-order valence-corrected chi connectivity index (χ2v) is 23.6. The van der Waals surface area contributed by atoms with Crippen LogP contribution in [0, 0.1) is 0 Å². The van der Waals surface area contributed by atoms with Crippen molar-refractivity contribution in [3.63, 3.8) is 0 Å². The molecule has 0 radical (unpaired) electrons. The zero-order valence-corrected chi connectivity index (χ0v) is 50.9. The lowest BCUT2D eigenvalue weighted by Gasteiger charge is -2.48. The molecule has 0 saturated carbocycles. The second-order valence-electron chi connectivity index (χ2n) is 23.6. The van der Waals surface area contributed by atoms with Crippen LogP contribution in [0.2, 0.25) is 0 Å². The summed E-state index contributed by atoms with van der Waals surface area (Å²) in [5.41, 5.74) is 0. The predicted molar refractivity (Wildman–Crippen MR) is 319 cm³/mol. The van der Waals surface area contributed by atoms with Gasteiger partial charge in [0.15, 0.2) is 18.9 Å². The summed E-state index contributed by atoms with van der Waals surface area (Å²) in [6.45, 7) is 1.59. The molecule has 0 aromatic rings. The zero-order chi connectivity index (χ0) is 60.5. The number of aliphatic hydroxyl groups is 11. The highest BCUT2D eigenvalue weighted by Crippen LogP contribution is 2.33. The minimum atomic E-state index is -1.97. The molecule has 0 aromatic heterocycles. The second kappa shape index (κ2) is 47.1. The third-order valence-corrected chi connectivity index (χ3v) is 16.5. The number of carbonyl (C=O) groups is 1. The van der Waals surface area contributed by atoms with Crippen LogP contribution in [0.1, 0.15) is 232 Å². The number of carbonyl (C=O) groups excluding carboxylic acids is 1. The Morgan fingerprint density at radius 1 is 0.434 bits per heavy atom. The van der Waals surface area contributed by atoms with Gasteiger partial charge in [-0.05, 0) is 51.4 Å². The highest BCUT2D eigenvalue weighted by molar-refractivity contribution is 5.76. The lowest BCUT2D eigenvalue weighted by atomic mass is 9.96. The molecule has 17 atom stereocenters. The first kappa shape index (κ1) is 75.3. The third kappa shape index (κ3) is 30.2. The van der Waals surface area contributed by atoms with Gasteiger partial charge in [-0.3, -0.25) is 4.79 Å². The number of allylic oxidation sites excluding steroid dienone is 6. The molecular formula is C64H117NO18. The standard InChI is InChI=1S/C64H117NO18/c1-3-5-7-8-9-10-11-12-13-14-15-16-17-18-19-20-21-22-23-24-25-26-27-28-29-30-31-32-33-34-35-36-37-38-40-42-52(70)65-47(48(69)41-39-6-4-2)46-78-62-58(76)55(73)60(50(44-67)80-62)83-64-59(77)56(74)61(51(45-68)81-64)82-63-57(75)54(72)53(71)49(43-66)79-63/h11-12,14-15,17-18,47-51,53-64,66-69,71-77H,3-10,13,16,19-46H2,1-2H3,(H,65,70)/b12-11-,15-14-,18-17-. The fraction of sp³-hybridized carbons (Fsp3) is 0.891. The maximum absolute atomic E-state index is 13.2. The molecule has 1 amide bonds. The van der Waals surface area contributed by atoms with Crippen molar-refractivity contribution in [2.24, 2.45) is 0 Å². The maximum atomic E-state index is 13.2. The van der Waals surface area contributed by atoms with Gasteiger partial charge in [0, 0.05) is 6.42 Å². The Kier molecular flexibility index (Phi) is 42.7. The Hall–Kier alpha value is -1.99. The predicted octanol–water partition coefficient (Wildman–Crippen LogP) is 7.27. The molecular weight excluding hydrogens is 1070 g/mol. The van der Waals surface area contributed by atoms with Crippen LogP contribution >= 0.6 is 0 Å². The van der Waals surface area contributed by atoms with Crippen LogP contribution in [0.4, 0.5) is 0 Å². The van der Waals surface area contributed by atoms with E-state index >= 15 is 0 Å². The monoisotopic (exact) mass is 1190 g/mol. The Bertz CT molecular complexity index is 1660. The molecule has 3 rings (SSSR count). The number of amides is 1. The van der Waals surface area contributed by atoms with Crippen LogP contribution in [0.5, 0.6) is 0 Å². The van der Waals surface area contributed by atoms with Crippen LogP contribution in [0.25, 0.3) is 0 Å². The van der Waals surface area contributed by atoms with Crippen molar-refractivity contribution in [3.05, 3.63) is 36.5 Å². The first-order valence-electron chi connectivity index (χ1n) is 32.7. The largest absolute Gasteiger partial charge is 0.394 e. The maximum Gasteiger partial charge on any atom is 0.220 e. The number of unbranched alkanes of at least 4 members (excludes halogenated alkanes) is 27. The van der Waals surface area contributed by atoms with Crippen molar-refractivity contribution in [2.45, 2.75) is 336 Å². The normalized spacial score (nSPS) is 29.6. The molecule has 3 heterocycles. The molecule has 0 aliphatic carbocycles. The Balaban J connectivity index is 1.23. The van der Waals surface area contributed by atoms with Gasteiger partial charge in [-0.25, -0.2) is 0 Å². The van der Waals surface area contributed by atoms with Gasteiger partial charge in [-0.2, -0.15) is 0 Å². The average molecular weight is 1190 g/mol. The quantitative estimate of drug-likeness (QED) is 0.0211. The van der Waals surface area contributed by atoms with Crippen LogP contribution in [0.15, 0.2) is 36.5 Å². The van der Waals surface area contributed by atoms with Crippen LogP contribution in [0.3, 0.4) is 0 Å². The highest BCUT2D eigenvalue weighted by atomic mass is 16.8. The third-order valence-electron chi connectivity index (χ3n) is 16.5. The summed E-state index contributed by atoms with van der Waals surface area (Å²) in [7, 11) is 0. The van der Waals surface area contributed by atoms with E-state index in [1.807, 2.05) is 6.92 Å². The summed E-state index contributed by atoms with van der Waals surface area (Å²) in [6.07, 6.45) is 26.8. The van der Waals surface area contributed by atoms with E-state index in [2.05, 4.69) is 48.7 Å². The van der Waals surface area contributed by atoms with E-state index in [0.717, 1.165) is 44.9 Å². The van der Waals surface area contributed by atoms with Gasteiger partial charge in [-0.1, -0.05) is 211 Å². The molecule has 83 heavy (non-hydrogen) atoms. The minimum absolute atomic E-state index is 0.253. The molecule has 17 unspecified atom stereocenters. The van der Waals surface area contributed by atoms with Crippen molar-refractivity contribution >= 4 is 5.91 Å². The van der Waals surface area contributed by atoms with Gasteiger partial charge in [-0.15, -0.1) is 0 Å². The van der Waals surface area contributed by atoms with E-state index in [-0.39, 0.29) is 18.9 Å². The first-order chi connectivity index (χ1) is 40.3. The highest BCUT2D eigenvalue weighted by Gasteiger charge is 2.53. The van der Waals surface area contributed by atoms with E-state index in [4.69, 9.17) is 28.4 Å². The Labute approximate surface area is 498 Å². The lowest BCUT2D eigenvalue weighted by Crippen LogP contribution is -2.66. The van der Waals surface area contributed by atoms with Gasteiger partial charge in [0.2, 0.25) is 5.91 Å².